The van der Waals surface area contributed by atoms with Gasteiger partial charge in [0.25, 0.3) is 5.78 Å². The first-order chi connectivity index (χ1) is 13.0. The van der Waals surface area contributed by atoms with E-state index in [1.54, 1.807) is 29.6 Å². The van der Waals surface area contributed by atoms with Crippen LogP contribution in [0, 0.1) is 13.8 Å². The number of benzene rings is 1. The summed E-state index contributed by atoms with van der Waals surface area (Å²) in [6.07, 6.45) is 1.40. The molecule has 2 aromatic heterocycles. The van der Waals surface area contributed by atoms with Gasteiger partial charge in [0.15, 0.2) is 23.9 Å². The number of aromatic nitrogens is 4. The van der Waals surface area contributed by atoms with Crippen LogP contribution in [0.25, 0.3) is 5.78 Å². The van der Waals surface area contributed by atoms with E-state index in [0.717, 1.165) is 5.69 Å². The number of nitrogens with zero attached hydrogens (tertiary/aromatic N) is 4. The normalized spacial score (nSPS) is 12.4. The van der Waals surface area contributed by atoms with Gasteiger partial charge in [0.2, 0.25) is 6.79 Å². The van der Waals surface area contributed by atoms with Gasteiger partial charge in [-0.2, -0.15) is 10.1 Å². The van der Waals surface area contributed by atoms with Crippen LogP contribution in [0.15, 0.2) is 24.5 Å². The molecule has 0 fully saturated rings. The van der Waals surface area contributed by atoms with Crippen molar-refractivity contribution in [3.05, 3.63) is 47.0 Å². The first kappa shape index (κ1) is 17.0. The van der Waals surface area contributed by atoms with E-state index >= 15 is 0 Å². The van der Waals surface area contributed by atoms with Crippen LogP contribution < -0.4 is 9.47 Å². The lowest BCUT2D eigenvalue weighted by atomic mass is 10.1. The molecule has 1 aliphatic heterocycles. The summed E-state index contributed by atoms with van der Waals surface area (Å²) in [5, 5.41) is 4.08. The number of ketones is 1. The maximum absolute atomic E-state index is 12.3. The maximum atomic E-state index is 12.3. The second-order valence-corrected chi connectivity index (χ2v) is 6.06. The molecule has 0 amide bonds. The second-order valence-electron chi connectivity index (χ2n) is 6.06. The molecule has 0 saturated carbocycles. The average Bonchev–Trinajstić information content (AvgIpc) is 3.31. The Bertz CT molecular complexity index is 1060. The van der Waals surface area contributed by atoms with E-state index in [1.165, 1.54) is 6.33 Å². The maximum Gasteiger partial charge on any atom is 0.310 e. The molecule has 0 spiro atoms. The minimum absolute atomic E-state index is 0.00507. The number of aryl methyl sites for hydroxylation is 2. The summed E-state index contributed by atoms with van der Waals surface area (Å²) in [6, 6.07) is 4.85. The number of esters is 1. The highest BCUT2D eigenvalue weighted by atomic mass is 16.7. The van der Waals surface area contributed by atoms with E-state index in [0.29, 0.717) is 34.1 Å². The van der Waals surface area contributed by atoms with Crippen LogP contribution in [0.2, 0.25) is 0 Å². The Morgan fingerprint density at radius 2 is 2.04 bits per heavy atom. The molecule has 0 N–H and O–H groups in total. The fraction of sp³-hybridized carbons (Fsp3) is 0.278. The highest BCUT2D eigenvalue weighted by Gasteiger charge is 2.19. The van der Waals surface area contributed by atoms with Crippen LogP contribution in [0.4, 0.5) is 0 Å². The number of rotatable bonds is 5. The van der Waals surface area contributed by atoms with Crippen molar-refractivity contribution in [2.45, 2.75) is 20.3 Å². The first-order valence-electron chi connectivity index (χ1n) is 8.27. The third-order valence-electron chi connectivity index (χ3n) is 4.37. The van der Waals surface area contributed by atoms with Gasteiger partial charge in [0.05, 0.1) is 6.42 Å². The molecule has 0 radical (unpaired) electrons. The molecule has 1 aliphatic rings. The van der Waals surface area contributed by atoms with Crippen molar-refractivity contribution in [3.8, 4) is 11.5 Å². The zero-order chi connectivity index (χ0) is 19.0. The van der Waals surface area contributed by atoms with Crippen LogP contribution in [0.1, 0.15) is 27.3 Å². The molecular weight excluding hydrogens is 352 g/mol. The van der Waals surface area contributed by atoms with Crippen LogP contribution in [-0.4, -0.2) is 44.7 Å². The van der Waals surface area contributed by atoms with Crippen molar-refractivity contribution < 1.29 is 23.8 Å². The summed E-state index contributed by atoms with van der Waals surface area (Å²) >= 11 is 0. The number of hydrogen-bond acceptors (Lipinski definition) is 8. The smallest absolute Gasteiger partial charge is 0.310 e. The minimum Gasteiger partial charge on any atom is -0.457 e. The van der Waals surface area contributed by atoms with Gasteiger partial charge < -0.3 is 14.2 Å². The summed E-state index contributed by atoms with van der Waals surface area (Å²) < 4.78 is 17.2. The third kappa shape index (κ3) is 3.19. The van der Waals surface area contributed by atoms with Crippen molar-refractivity contribution >= 4 is 17.5 Å². The second kappa shape index (κ2) is 6.67. The fourth-order valence-corrected chi connectivity index (χ4v) is 2.91. The first-order valence-corrected chi connectivity index (χ1v) is 8.27. The summed E-state index contributed by atoms with van der Waals surface area (Å²) in [5.74, 6) is 0.729. The van der Waals surface area contributed by atoms with Crippen molar-refractivity contribution in [1.82, 2.24) is 19.6 Å². The predicted octanol–water partition coefficient (Wildman–Crippen LogP) is 1.44. The molecule has 27 heavy (non-hydrogen) atoms. The molecule has 1 aromatic carbocycles. The van der Waals surface area contributed by atoms with Crippen LogP contribution in [-0.2, 0) is 16.0 Å². The summed E-state index contributed by atoms with van der Waals surface area (Å²) in [6.45, 7) is 3.40. The monoisotopic (exact) mass is 368 g/mol. The Morgan fingerprint density at radius 1 is 1.22 bits per heavy atom. The Morgan fingerprint density at radius 3 is 2.89 bits per heavy atom. The van der Waals surface area contributed by atoms with Gasteiger partial charge in [0, 0.05) is 22.5 Å². The van der Waals surface area contributed by atoms with Gasteiger partial charge in [-0.1, -0.05) is 0 Å². The van der Waals surface area contributed by atoms with Crippen molar-refractivity contribution in [1.29, 1.82) is 0 Å². The number of carbonyl (C=O) groups excluding carboxylic acids is 2. The molecule has 0 aliphatic carbocycles. The molecule has 9 nitrogen and oxygen atoms in total. The molecule has 3 aromatic rings. The van der Waals surface area contributed by atoms with E-state index in [2.05, 4.69) is 15.1 Å². The van der Waals surface area contributed by atoms with Gasteiger partial charge in [-0.3, -0.25) is 9.59 Å². The summed E-state index contributed by atoms with van der Waals surface area (Å²) in [4.78, 5) is 32.8. The van der Waals surface area contributed by atoms with E-state index < -0.39 is 5.97 Å². The highest BCUT2D eigenvalue weighted by Crippen LogP contribution is 2.32. The lowest BCUT2D eigenvalue weighted by molar-refractivity contribution is -0.141. The molecule has 0 unspecified atom stereocenters. The van der Waals surface area contributed by atoms with Gasteiger partial charge >= 0.3 is 5.97 Å². The van der Waals surface area contributed by atoms with Crippen molar-refractivity contribution in [3.63, 3.8) is 0 Å². The van der Waals surface area contributed by atoms with Gasteiger partial charge in [-0.15, -0.1) is 0 Å². The molecule has 138 valence electrons. The van der Waals surface area contributed by atoms with Gasteiger partial charge in [0.1, 0.15) is 6.33 Å². The number of ether oxygens (including phenoxy) is 3. The highest BCUT2D eigenvalue weighted by molar-refractivity contribution is 5.98. The minimum atomic E-state index is -0.517. The standard InChI is InChI=1S/C18H16N4O5/c1-10-13(11(2)22-18(21-10)19-8-20-22)6-17(24)25-7-14(23)12-3-4-15-16(5-12)27-9-26-15/h3-5,8H,6-7,9H2,1-2H3. The number of Topliss-reactive ketones (excluding diaryl/α,β-unsaturated/α-hetero) is 1. The SMILES string of the molecule is Cc1nc2ncnn2c(C)c1CC(=O)OCC(=O)c1ccc2c(c1)OCO2. The zero-order valence-corrected chi connectivity index (χ0v) is 14.8. The van der Waals surface area contributed by atoms with Crippen LogP contribution in [0.5, 0.6) is 11.5 Å². The van der Waals surface area contributed by atoms with Crippen LogP contribution in [0.3, 0.4) is 0 Å². The lowest BCUT2D eigenvalue weighted by Gasteiger charge is -2.10. The van der Waals surface area contributed by atoms with E-state index in [9.17, 15) is 9.59 Å². The zero-order valence-electron chi connectivity index (χ0n) is 14.8. The molecule has 4 rings (SSSR count). The summed E-state index contributed by atoms with van der Waals surface area (Å²) in [5.41, 5.74) is 2.53. The van der Waals surface area contributed by atoms with Crippen molar-refractivity contribution in [2.75, 3.05) is 13.4 Å². The Hall–Kier alpha value is -3.49. The molecule has 0 bridgehead atoms. The summed E-state index contributed by atoms with van der Waals surface area (Å²) in [7, 11) is 0. The number of fused-ring (bicyclic) bond motifs is 2. The molecule has 0 saturated heterocycles. The molecule has 0 atom stereocenters. The molecule has 9 heteroatoms. The van der Waals surface area contributed by atoms with E-state index in [-0.39, 0.29) is 25.6 Å². The Labute approximate surface area is 153 Å². The largest absolute Gasteiger partial charge is 0.457 e. The lowest BCUT2D eigenvalue weighted by Crippen LogP contribution is -2.17. The van der Waals surface area contributed by atoms with Crippen LogP contribution >= 0.6 is 0 Å². The van der Waals surface area contributed by atoms with Crippen molar-refractivity contribution in [2.24, 2.45) is 0 Å². The molecule has 3 heterocycles. The third-order valence-corrected chi connectivity index (χ3v) is 4.37. The van der Waals surface area contributed by atoms with E-state index in [4.69, 9.17) is 14.2 Å². The molecular formula is C18H16N4O5. The Kier molecular flexibility index (Phi) is 4.19. The van der Waals surface area contributed by atoms with E-state index in [1.807, 2.05) is 6.92 Å². The fourth-order valence-electron chi connectivity index (χ4n) is 2.91. The van der Waals surface area contributed by atoms with Gasteiger partial charge in [-0.25, -0.2) is 9.50 Å². The number of hydrogen-bond donors (Lipinski definition) is 0. The Balaban J connectivity index is 1.42. The average molecular weight is 368 g/mol. The quantitative estimate of drug-likeness (QED) is 0.492. The number of carbonyl (C=O) groups is 2. The van der Waals surface area contributed by atoms with Gasteiger partial charge in [-0.05, 0) is 32.0 Å². The predicted molar refractivity (Wildman–Crippen MR) is 91.8 cm³/mol. The topological polar surface area (TPSA) is 105 Å².